The van der Waals surface area contributed by atoms with E-state index < -0.39 is 0 Å². The average Bonchev–Trinajstić information content (AvgIpc) is 3.59. The molecule has 8 aromatic rings. The minimum Gasteiger partial charge on any atom is -0.309 e. The number of rotatable bonds is 3. The highest BCUT2D eigenvalue weighted by molar-refractivity contribution is 6.22. The zero-order chi connectivity index (χ0) is 32.0. The van der Waals surface area contributed by atoms with Crippen LogP contribution in [-0.2, 0) is 5.41 Å². The Kier molecular flexibility index (Phi) is 5.82. The Morgan fingerprint density at radius 2 is 1.00 bits per heavy atom. The lowest BCUT2D eigenvalue weighted by Crippen LogP contribution is -2.24. The summed E-state index contributed by atoms with van der Waals surface area (Å²) < 4.78 is 2.40. The quantitative estimate of drug-likeness (QED) is 0.175. The van der Waals surface area contributed by atoms with Crippen molar-refractivity contribution in [2.75, 3.05) is 0 Å². The molecule has 0 saturated heterocycles. The van der Waals surface area contributed by atoms with Gasteiger partial charge in [-0.2, -0.15) is 0 Å². The molecule has 0 bridgehead atoms. The first-order valence-electron chi connectivity index (χ1n) is 17.1. The largest absolute Gasteiger partial charge is 0.309 e. The monoisotopic (exact) mass is 613 g/mol. The van der Waals surface area contributed by atoms with Crippen molar-refractivity contribution in [1.29, 1.82) is 0 Å². The van der Waals surface area contributed by atoms with Crippen LogP contribution in [0.15, 0.2) is 164 Å². The van der Waals surface area contributed by atoms with Gasteiger partial charge in [-0.3, -0.25) is 0 Å². The Hall–Kier alpha value is -5.66. The molecule has 7 aromatic carbocycles. The Morgan fingerprint density at radius 3 is 1.65 bits per heavy atom. The summed E-state index contributed by atoms with van der Waals surface area (Å²) in [5.74, 6) is 0.853. The number of hydrogen-bond donors (Lipinski definition) is 0. The van der Waals surface area contributed by atoms with E-state index in [2.05, 4.69) is 182 Å². The van der Waals surface area contributed by atoms with Gasteiger partial charge in [0.05, 0.1) is 11.0 Å². The normalized spacial score (nSPS) is 17.8. The van der Waals surface area contributed by atoms with Crippen LogP contribution in [0.3, 0.4) is 0 Å². The lowest BCUT2D eigenvalue weighted by Gasteiger charge is -2.29. The molecule has 0 amide bonds. The molecule has 228 valence electrons. The van der Waals surface area contributed by atoms with Crippen LogP contribution in [0.5, 0.6) is 0 Å². The number of allylic oxidation sites excluding steroid dienone is 4. The van der Waals surface area contributed by atoms with Crippen molar-refractivity contribution in [2.45, 2.75) is 25.2 Å². The topological polar surface area (TPSA) is 4.93 Å². The molecular formula is C47H35N. The maximum Gasteiger partial charge on any atom is 0.0541 e. The van der Waals surface area contributed by atoms with E-state index in [-0.39, 0.29) is 5.41 Å². The van der Waals surface area contributed by atoms with Crippen molar-refractivity contribution in [3.63, 3.8) is 0 Å². The molecule has 0 spiro atoms. The lowest BCUT2D eigenvalue weighted by molar-refractivity contribution is 0.394. The molecule has 1 aromatic heterocycles. The molecule has 0 aliphatic heterocycles. The summed E-state index contributed by atoms with van der Waals surface area (Å²) >= 11 is 0. The third-order valence-corrected chi connectivity index (χ3v) is 11.3. The number of para-hydroxylation sites is 2. The predicted octanol–water partition coefficient (Wildman–Crippen LogP) is 12.5. The molecular weight excluding hydrogens is 579 g/mol. The van der Waals surface area contributed by atoms with Gasteiger partial charge < -0.3 is 4.57 Å². The van der Waals surface area contributed by atoms with E-state index >= 15 is 0 Å². The van der Waals surface area contributed by atoms with Crippen molar-refractivity contribution in [3.05, 3.63) is 175 Å². The third kappa shape index (κ3) is 3.79. The van der Waals surface area contributed by atoms with Crippen LogP contribution >= 0.6 is 0 Å². The molecule has 10 rings (SSSR count). The first-order valence-corrected chi connectivity index (χ1v) is 17.1. The summed E-state index contributed by atoms with van der Waals surface area (Å²) in [5, 5.41) is 7.82. The van der Waals surface area contributed by atoms with E-state index in [9.17, 15) is 0 Å². The number of nitrogens with zero attached hydrogens (tertiary/aromatic N) is 1. The molecule has 1 nitrogen and oxygen atoms in total. The Bertz CT molecular complexity index is 2580. The predicted molar refractivity (Wildman–Crippen MR) is 204 cm³/mol. The fourth-order valence-corrected chi connectivity index (χ4v) is 9.05. The molecule has 2 unspecified atom stereocenters. The average molecular weight is 614 g/mol. The molecule has 0 saturated carbocycles. The van der Waals surface area contributed by atoms with Crippen LogP contribution in [0.25, 0.3) is 71.3 Å². The summed E-state index contributed by atoms with van der Waals surface area (Å²) in [5.41, 5.74) is 11.8. The highest BCUT2D eigenvalue weighted by Crippen LogP contribution is 2.55. The van der Waals surface area contributed by atoms with Crippen molar-refractivity contribution >= 4 is 43.4 Å². The van der Waals surface area contributed by atoms with Gasteiger partial charge in [-0.25, -0.2) is 0 Å². The van der Waals surface area contributed by atoms with Crippen LogP contribution in [0, 0.1) is 5.92 Å². The fraction of sp³-hybridized carbons (Fsp3) is 0.106. The second-order valence-corrected chi connectivity index (χ2v) is 14.1. The van der Waals surface area contributed by atoms with Crippen molar-refractivity contribution in [3.8, 4) is 27.9 Å². The van der Waals surface area contributed by atoms with Gasteiger partial charge in [-0.1, -0.05) is 141 Å². The van der Waals surface area contributed by atoms with Gasteiger partial charge in [-0.15, -0.1) is 0 Å². The smallest absolute Gasteiger partial charge is 0.0541 e. The molecule has 2 aliphatic carbocycles. The minimum absolute atomic E-state index is 0.0334. The van der Waals surface area contributed by atoms with E-state index in [0.717, 1.165) is 0 Å². The Balaban J connectivity index is 1.26. The Morgan fingerprint density at radius 1 is 0.479 bits per heavy atom. The molecule has 2 atom stereocenters. The maximum atomic E-state index is 2.56. The summed E-state index contributed by atoms with van der Waals surface area (Å²) in [6, 6.07) is 51.9. The third-order valence-electron chi connectivity index (χ3n) is 11.3. The molecule has 48 heavy (non-hydrogen) atoms. The molecule has 0 radical (unpaired) electrons. The van der Waals surface area contributed by atoms with Crippen LogP contribution in [0.1, 0.15) is 30.9 Å². The number of aromatic nitrogens is 1. The van der Waals surface area contributed by atoms with Crippen LogP contribution in [0.4, 0.5) is 0 Å². The lowest BCUT2D eigenvalue weighted by atomic mass is 9.74. The van der Waals surface area contributed by atoms with Gasteiger partial charge in [-0.05, 0) is 103 Å². The summed E-state index contributed by atoms with van der Waals surface area (Å²) in [6.07, 6.45) is 9.32. The highest BCUT2D eigenvalue weighted by Gasteiger charge is 2.44. The van der Waals surface area contributed by atoms with E-state index in [1.54, 1.807) is 0 Å². The number of fused-ring (bicyclic) bond motifs is 8. The van der Waals surface area contributed by atoms with E-state index in [1.165, 1.54) is 82.4 Å². The second-order valence-electron chi connectivity index (χ2n) is 14.1. The molecule has 1 heterocycles. The molecule has 2 aliphatic rings. The van der Waals surface area contributed by atoms with Crippen LogP contribution < -0.4 is 0 Å². The van der Waals surface area contributed by atoms with Gasteiger partial charge in [0, 0.05) is 22.4 Å². The second kappa shape index (κ2) is 10.2. The fourth-order valence-electron chi connectivity index (χ4n) is 9.05. The van der Waals surface area contributed by atoms with Crippen molar-refractivity contribution in [1.82, 2.24) is 4.57 Å². The summed E-state index contributed by atoms with van der Waals surface area (Å²) in [4.78, 5) is 0. The zero-order valence-corrected chi connectivity index (χ0v) is 27.2. The Labute approximate surface area is 281 Å². The van der Waals surface area contributed by atoms with Crippen molar-refractivity contribution < 1.29 is 0 Å². The summed E-state index contributed by atoms with van der Waals surface area (Å²) in [6.45, 7) is 4.87. The maximum absolute atomic E-state index is 2.56. The minimum atomic E-state index is 0.0334. The van der Waals surface area contributed by atoms with Gasteiger partial charge >= 0.3 is 0 Å². The number of benzene rings is 7. The van der Waals surface area contributed by atoms with Crippen molar-refractivity contribution in [2.24, 2.45) is 5.92 Å². The number of hydrogen-bond acceptors (Lipinski definition) is 0. The van der Waals surface area contributed by atoms with Gasteiger partial charge in [0.2, 0.25) is 0 Å². The highest BCUT2D eigenvalue weighted by atomic mass is 15.0. The van der Waals surface area contributed by atoms with Crippen LogP contribution in [0.2, 0.25) is 0 Å². The molecule has 0 fully saturated rings. The van der Waals surface area contributed by atoms with Gasteiger partial charge in [0.15, 0.2) is 0 Å². The first-order chi connectivity index (χ1) is 23.6. The zero-order valence-electron chi connectivity index (χ0n) is 27.2. The first kappa shape index (κ1) is 27.5. The molecule has 1 heteroatoms. The SMILES string of the molecule is CC1(C)c2cc3c(-c4ccc(-n5c6ccccc6c6ccccc65)cc4)c4ccccc4c(-c4ccccc4)c3cc2C2C=CC=CC21. The van der Waals surface area contributed by atoms with Crippen LogP contribution in [-0.4, -0.2) is 4.57 Å². The standard InChI is InChI=1S/C47H35N/c1-47(2)41-21-11-8-16-33(41)38-28-39-40(29-42(38)47)46(37-20-7-6-19-36(37)45(39)30-14-4-3-5-15-30)31-24-26-32(27-25-31)48-43-22-12-9-17-34(43)35-18-10-13-23-44(35)48/h3-29,33,41H,1-2H3. The van der Waals surface area contributed by atoms with E-state index in [4.69, 9.17) is 0 Å². The summed E-state index contributed by atoms with van der Waals surface area (Å²) in [7, 11) is 0. The van der Waals surface area contributed by atoms with E-state index in [1.807, 2.05) is 0 Å². The molecule has 0 N–H and O–H groups in total. The van der Waals surface area contributed by atoms with E-state index in [0.29, 0.717) is 11.8 Å². The van der Waals surface area contributed by atoms with Gasteiger partial charge in [0.1, 0.15) is 0 Å². The van der Waals surface area contributed by atoms with Gasteiger partial charge in [0.25, 0.3) is 0 Å².